The zero-order chi connectivity index (χ0) is 10.6. The summed E-state index contributed by atoms with van der Waals surface area (Å²) in [5.41, 5.74) is 1.21. The molecule has 0 unspecified atom stereocenters. The van der Waals surface area contributed by atoms with E-state index in [1.807, 2.05) is 30.4 Å². The normalized spacial score (nSPS) is 8.57. The average Bonchev–Trinajstić information content (AvgIpc) is 2.28. The van der Waals surface area contributed by atoms with E-state index in [2.05, 4.69) is 31.9 Å². The van der Waals surface area contributed by atoms with Gasteiger partial charge < -0.3 is 0 Å². The van der Waals surface area contributed by atoms with Crippen LogP contribution in [0.3, 0.4) is 0 Å². The third kappa shape index (κ3) is 6.86. The van der Waals surface area contributed by atoms with Crippen molar-refractivity contribution >= 4 is 6.08 Å². The van der Waals surface area contributed by atoms with Gasteiger partial charge in [-0.15, -0.1) is 0 Å². The van der Waals surface area contributed by atoms with E-state index >= 15 is 0 Å². The van der Waals surface area contributed by atoms with E-state index in [4.69, 9.17) is 0 Å². The Morgan fingerprint density at radius 1 is 0.786 bits per heavy atom. The summed E-state index contributed by atoms with van der Waals surface area (Å²) in [5.74, 6) is 0. The smallest absolute Gasteiger partial charge is 0.0257 e. The second kappa shape index (κ2) is 9.27. The van der Waals surface area contributed by atoms with Crippen LogP contribution in [-0.2, 0) is 0 Å². The lowest BCUT2D eigenvalue weighted by Crippen LogP contribution is -1.65. The van der Waals surface area contributed by atoms with Crippen LogP contribution in [0, 0.1) is 0 Å². The van der Waals surface area contributed by atoms with E-state index in [1.165, 1.54) is 5.56 Å². The number of allylic oxidation sites excluding steroid dienone is 4. The summed E-state index contributed by atoms with van der Waals surface area (Å²) in [6.45, 7) is 10.3. The van der Waals surface area contributed by atoms with Gasteiger partial charge in [0.1, 0.15) is 0 Å². The maximum Gasteiger partial charge on any atom is -0.0257 e. The van der Waals surface area contributed by atoms with Gasteiger partial charge in [0, 0.05) is 0 Å². The second-order valence-corrected chi connectivity index (χ2v) is 2.48. The van der Waals surface area contributed by atoms with Crippen molar-refractivity contribution in [2.75, 3.05) is 0 Å². The molecule has 0 aliphatic carbocycles. The molecule has 1 rings (SSSR count). The van der Waals surface area contributed by atoms with Gasteiger partial charge >= 0.3 is 0 Å². The summed E-state index contributed by atoms with van der Waals surface area (Å²) in [6, 6.07) is 10.1. The average molecular weight is 184 g/mol. The van der Waals surface area contributed by atoms with Crippen molar-refractivity contribution in [3.8, 4) is 0 Å². The van der Waals surface area contributed by atoms with Crippen LogP contribution in [0.15, 0.2) is 74.4 Å². The first kappa shape index (κ1) is 12.2. The van der Waals surface area contributed by atoms with Crippen LogP contribution < -0.4 is 0 Å². The maximum atomic E-state index is 3.59. The van der Waals surface area contributed by atoms with E-state index in [0.29, 0.717) is 0 Å². The first-order chi connectivity index (χ1) is 6.85. The van der Waals surface area contributed by atoms with Crippen LogP contribution in [0.2, 0.25) is 0 Å². The molecule has 14 heavy (non-hydrogen) atoms. The Kier molecular flexibility index (Phi) is 8.06. The van der Waals surface area contributed by atoms with Gasteiger partial charge in [0.05, 0.1) is 0 Å². The Bertz CT molecular complexity index is 285. The summed E-state index contributed by atoms with van der Waals surface area (Å²) in [6.07, 6.45) is 9.00. The van der Waals surface area contributed by atoms with E-state index in [1.54, 1.807) is 18.2 Å². The third-order valence-electron chi connectivity index (χ3n) is 1.39. The van der Waals surface area contributed by atoms with Crippen LogP contribution in [0.1, 0.15) is 5.56 Å². The highest BCUT2D eigenvalue weighted by Gasteiger charge is 1.78. The molecule has 0 atom stereocenters. The number of hydrogen-bond acceptors (Lipinski definition) is 0. The van der Waals surface area contributed by atoms with Crippen LogP contribution >= 0.6 is 0 Å². The number of hydrogen-bond donors (Lipinski definition) is 0. The highest BCUT2D eigenvalue weighted by Crippen LogP contribution is 1.99. The molecule has 72 valence electrons. The quantitative estimate of drug-likeness (QED) is 0.616. The SMILES string of the molecule is C=CC=C.C=CC=Cc1ccccc1. The van der Waals surface area contributed by atoms with Crippen molar-refractivity contribution in [3.63, 3.8) is 0 Å². The molecule has 0 radical (unpaired) electrons. The zero-order valence-electron chi connectivity index (χ0n) is 8.39. The molecule has 0 heteroatoms. The van der Waals surface area contributed by atoms with Gasteiger partial charge in [-0.1, -0.05) is 80.4 Å². The Morgan fingerprint density at radius 2 is 1.36 bits per heavy atom. The van der Waals surface area contributed by atoms with Crippen molar-refractivity contribution in [2.45, 2.75) is 0 Å². The van der Waals surface area contributed by atoms with Gasteiger partial charge in [0.25, 0.3) is 0 Å². The number of benzene rings is 1. The molecule has 0 N–H and O–H groups in total. The van der Waals surface area contributed by atoms with Gasteiger partial charge in [0.15, 0.2) is 0 Å². The van der Waals surface area contributed by atoms with Crippen molar-refractivity contribution < 1.29 is 0 Å². The molecule has 0 saturated heterocycles. The second-order valence-electron chi connectivity index (χ2n) is 2.48. The van der Waals surface area contributed by atoms with Crippen molar-refractivity contribution in [1.29, 1.82) is 0 Å². The Balaban J connectivity index is 0.000000364. The van der Waals surface area contributed by atoms with Crippen LogP contribution in [-0.4, -0.2) is 0 Å². The molecule has 0 aliphatic rings. The molecule has 0 aliphatic heterocycles. The van der Waals surface area contributed by atoms with Gasteiger partial charge in [-0.05, 0) is 5.56 Å². The number of rotatable bonds is 3. The van der Waals surface area contributed by atoms with Crippen molar-refractivity contribution in [3.05, 3.63) is 79.9 Å². The lowest BCUT2D eigenvalue weighted by molar-refractivity contribution is 1.66. The third-order valence-corrected chi connectivity index (χ3v) is 1.39. The molecule has 0 heterocycles. The summed E-state index contributed by atoms with van der Waals surface area (Å²) in [5, 5.41) is 0. The van der Waals surface area contributed by atoms with E-state index in [0.717, 1.165) is 0 Å². The lowest BCUT2D eigenvalue weighted by Gasteiger charge is -1.87. The molecule has 0 aromatic heterocycles. The summed E-state index contributed by atoms with van der Waals surface area (Å²) < 4.78 is 0. The molecule has 0 amide bonds. The van der Waals surface area contributed by atoms with Crippen molar-refractivity contribution in [1.82, 2.24) is 0 Å². The minimum atomic E-state index is 1.21. The Hall–Kier alpha value is -1.82. The molecule has 0 spiro atoms. The standard InChI is InChI=1S/C10H10.C4H6/c1-2-3-7-10-8-5-4-6-9-10;1-3-4-2/h2-9H,1H2;3-4H,1-2H2. The molecule has 0 nitrogen and oxygen atoms in total. The molecule has 1 aromatic carbocycles. The molecule has 0 bridgehead atoms. The summed E-state index contributed by atoms with van der Waals surface area (Å²) in [4.78, 5) is 0. The van der Waals surface area contributed by atoms with E-state index < -0.39 is 0 Å². The molecular formula is C14H16. The topological polar surface area (TPSA) is 0 Å². The highest BCUT2D eigenvalue weighted by molar-refractivity contribution is 5.50. The van der Waals surface area contributed by atoms with Gasteiger partial charge in [0.2, 0.25) is 0 Å². The fourth-order valence-corrected chi connectivity index (χ4v) is 0.743. The monoisotopic (exact) mass is 184 g/mol. The van der Waals surface area contributed by atoms with Gasteiger partial charge in [-0.3, -0.25) is 0 Å². The summed E-state index contributed by atoms with van der Waals surface area (Å²) in [7, 11) is 0. The van der Waals surface area contributed by atoms with Gasteiger partial charge in [-0.2, -0.15) is 0 Å². The van der Waals surface area contributed by atoms with Crippen LogP contribution in [0.25, 0.3) is 6.08 Å². The minimum Gasteiger partial charge on any atom is -0.0991 e. The fourth-order valence-electron chi connectivity index (χ4n) is 0.743. The molecule has 0 fully saturated rings. The van der Waals surface area contributed by atoms with Crippen molar-refractivity contribution in [2.24, 2.45) is 0 Å². The fraction of sp³-hybridized carbons (Fsp3) is 0. The van der Waals surface area contributed by atoms with E-state index in [9.17, 15) is 0 Å². The van der Waals surface area contributed by atoms with E-state index in [-0.39, 0.29) is 0 Å². The van der Waals surface area contributed by atoms with Gasteiger partial charge in [-0.25, -0.2) is 0 Å². The molecule has 1 aromatic rings. The Labute approximate surface area is 86.6 Å². The predicted molar refractivity (Wildman–Crippen MR) is 66.1 cm³/mol. The van der Waals surface area contributed by atoms with Crippen LogP contribution in [0.5, 0.6) is 0 Å². The Morgan fingerprint density at radius 3 is 1.79 bits per heavy atom. The first-order valence-corrected chi connectivity index (χ1v) is 4.42. The lowest BCUT2D eigenvalue weighted by atomic mass is 10.2. The largest absolute Gasteiger partial charge is 0.0991 e. The highest BCUT2D eigenvalue weighted by atomic mass is 13.8. The maximum absolute atomic E-state index is 3.59. The molecular weight excluding hydrogens is 168 g/mol. The first-order valence-electron chi connectivity index (χ1n) is 4.42. The molecule has 0 saturated carbocycles. The minimum absolute atomic E-state index is 1.21. The summed E-state index contributed by atoms with van der Waals surface area (Å²) >= 11 is 0. The van der Waals surface area contributed by atoms with Crippen LogP contribution in [0.4, 0.5) is 0 Å². The zero-order valence-corrected chi connectivity index (χ0v) is 8.39. The predicted octanol–water partition coefficient (Wildman–Crippen LogP) is 4.24.